The number of nitrogens with one attached hydrogen (secondary N) is 1. The molecule has 0 bridgehead atoms. The molecule has 0 aliphatic carbocycles. The summed E-state index contributed by atoms with van der Waals surface area (Å²) < 4.78 is 2.22. The lowest BCUT2D eigenvalue weighted by atomic mass is 9.90. The van der Waals surface area contributed by atoms with Crippen LogP contribution in [-0.2, 0) is 16.8 Å². The van der Waals surface area contributed by atoms with Gasteiger partial charge in [-0.2, -0.15) is 0 Å². The van der Waals surface area contributed by atoms with E-state index in [4.69, 9.17) is 4.98 Å². The molecule has 3 rings (SSSR count). The zero-order chi connectivity index (χ0) is 17.5. The Morgan fingerprint density at radius 1 is 1.33 bits per heavy atom. The van der Waals surface area contributed by atoms with Crippen LogP contribution in [0.1, 0.15) is 50.6 Å². The smallest absolute Gasteiger partial charge is 0.137 e. The van der Waals surface area contributed by atoms with E-state index in [1.807, 2.05) is 0 Å². The van der Waals surface area contributed by atoms with Gasteiger partial charge in [-0.05, 0) is 18.6 Å². The highest BCUT2D eigenvalue weighted by molar-refractivity contribution is 5.67. The fourth-order valence-electron chi connectivity index (χ4n) is 3.64. The molecular formula is C19H27N3O2. The second-order valence-electron chi connectivity index (χ2n) is 8.11. The van der Waals surface area contributed by atoms with E-state index in [1.165, 1.54) is 16.2 Å². The van der Waals surface area contributed by atoms with Gasteiger partial charge in [0.2, 0.25) is 0 Å². The highest BCUT2D eigenvalue weighted by atomic mass is 16.4. The Kier molecular flexibility index (Phi) is 4.38. The first-order chi connectivity index (χ1) is 11.3. The normalized spacial score (nSPS) is 22.0. The molecule has 3 heterocycles. The van der Waals surface area contributed by atoms with Crippen LogP contribution in [0.4, 0.5) is 0 Å². The molecule has 1 aliphatic heterocycles. The number of piperidine rings is 1. The molecule has 0 atom stereocenters. The molecule has 2 aromatic heterocycles. The topological polar surface area (TPSA) is 61.9 Å². The van der Waals surface area contributed by atoms with Crippen molar-refractivity contribution in [3.8, 4) is 0 Å². The Morgan fingerprint density at radius 3 is 2.58 bits per heavy atom. The Morgan fingerprint density at radius 2 is 2.00 bits per heavy atom. The molecule has 130 valence electrons. The van der Waals surface area contributed by atoms with E-state index in [2.05, 4.69) is 50.4 Å². The average Bonchev–Trinajstić information content (AvgIpc) is 2.86. The molecule has 1 aliphatic rings. The Balaban J connectivity index is 1.90. The number of carboxylic acid groups (broad SMARTS) is 1. The number of hydrogen-bond acceptors (Lipinski definition) is 3. The maximum atomic E-state index is 11.0. The zero-order valence-electron chi connectivity index (χ0n) is 15.1. The molecule has 0 saturated carbocycles. The van der Waals surface area contributed by atoms with Crippen molar-refractivity contribution in [1.29, 1.82) is 0 Å². The van der Waals surface area contributed by atoms with Crippen molar-refractivity contribution in [1.82, 2.24) is 9.38 Å². The number of hydrogen-bond donors (Lipinski definition) is 1. The van der Waals surface area contributed by atoms with E-state index in [-0.39, 0.29) is 11.3 Å². The molecule has 24 heavy (non-hydrogen) atoms. The lowest BCUT2D eigenvalue weighted by Gasteiger charge is -2.30. The first-order valence-electron chi connectivity index (χ1n) is 8.78. The molecule has 0 spiro atoms. The van der Waals surface area contributed by atoms with Crippen LogP contribution in [0.5, 0.6) is 0 Å². The molecule has 0 radical (unpaired) electrons. The van der Waals surface area contributed by atoms with Gasteiger partial charge in [-0.1, -0.05) is 26.8 Å². The summed E-state index contributed by atoms with van der Waals surface area (Å²) in [6.45, 7) is 11.3. The maximum absolute atomic E-state index is 11.0. The highest BCUT2D eigenvalue weighted by Crippen LogP contribution is 2.26. The number of aryl methyl sites for hydroxylation is 1. The van der Waals surface area contributed by atoms with Crippen LogP contribution in [0, 0.1) is 12.8 Å². The number of aliphatic carboxylic acids is 1. The summed E-state index contributed by atoms with van der Waals surface area (Å²) in [6, 6.07) is 4.17. The van der Waals surface area contributed by atoms with Gasteiger partial charge in [0.25, 0.3) is 0 Å². The number of likely N-dealkylation sites (tertiary alicyclic amines) is 1. The van der Waals surface area contributed by atoms with Crippen molar-refractivity contribution in [2.45, 2.75) is 52.5 Å². The molecule has 5 nitrogen and oxygen atoms in total. The molecular weight excluding hydrogens is 302 g/mol. The Hall–Kier alpha value is -1.88. The van der Waals surface area contributed by atoms with E-state index < -0.39 is 5.97 Å². The van der Waals surface area contributed by atoms with Gasteiger partial charge in [-0.25, -0.2) is 4.98 Å². The zero-order valence-corrected chi connectivity index (χ0v) is 15.1. The molecule has 5 heteroatoms. The van der Waals surface area contributed by atoms with Crippen molar-refractivity contribution in [2.24, 2.45) is 5.92 Å². The summed E-state index contributed by atoms with van der Waals surface area (Å²) in [4.78, 5) is 17.4. The van der Waals surface area contributed by atoms with Gasteiger partial charge in [0.1, 0.15) is 17.9 Å². The number of carboxylic acids is 1. The molecule has 0 aromatic carbocycles. The van der Waals surface area contributed by atoms with Crippen molar-refractivity contribution in [3.63, 3.8) is 0 Å². The van der Waals surface area contributed by atoms with Crippen LogP contribution in [0.25, 0.3) is 5.65 Å². The van der Waals surface area contributed by atoms with E-state index in [9.17, 15) is 9.90 Å². The largest absolute Gasteiger partial charge is 0.550 e. The third-order valence-corrected chi connectivity index (χ3v) is 5.02. The summed E-state index contributed by atoms with van der Waals surface area (Å²) in [5.41, 5.74) is 4.58. The van der Waals surface area contributed by atoms with Gasteiger partial charge in [-0.3, -0.25) is 4.40 Å². The van der Waals surface area contributed by atoms with Gasteiger partial charge in [0, 0.05) is 36.3 Å². The van der Waals surface area contributed by atoms with Crippen LogP contribution < -0.4 is 10.0 Å². The predicted octanol–water partition coefficient (Wildman–Crippen LogP) is 0.485. The van der Waals surface area contributed by atoms with E-state index >= 15 is 0 Å². The van der Waals surface area contributed by atoms with Gasteiger partial charge >= 0.3 is 0 Å². The molecule has 0 unspecified atom stereocenters. The number of carbonyl (C=O) groups is 1. The number of imidazole rings is 1. The minimum absolute atomic E-state index is 0.0159. The number of aromatic nitrogens is 2. The molecule has 1 saturated heterocycles. The van der Waals surface area contributed by atoms with Crippen LogP contribution >= 0.6 is 0 Å². The summed E-state index contributed by atoms with van der Waals surface area (Å²) in [7, 11) is 0. The molecule has 2 aromatic rings. The third kappa shape index (κ3) is 3.31. The van der Waals surface area contributed by atoms with Crippen molar-refractivity contribution >= 4 is 11.6 Å². The van der Waals surface area contributed by atoms with E-state index in [0.29, 0.717) is 12.8 Å². The second-order valence-corrected chi connectivity index (χ2v) is 8.11. The van der Waals surface area contributed by atoms with Crippen LogP contribution in [0.15, 0.2) is 18.3 Å². The summed E-state index contributed by atoms with van der Waals surface area (Å²) in [5.74, 6) is -1.17. The highest BCUT2D eigenvalue weighted by Gasteiger charge is 2.29. The number of quaternary nitrogens is 1. The van der Waals surface area contributed by atoms with Gasteiger partial charge < -0.3 is 14.8 Å². The SMILES string of the molecule is Cc1ccc2nc(C(C)(C)C)c(C[NH+]3CCC(C(=O)[O-])CC3)n2c1. The standard InChI is InChI=1S/C19H27N3O2/c1-13-5-6-16-20-17(19(2,3)4)15(22(16)11-13)12-21-9-7-14(8-10-21)18(23)24/h5-6,11,14H,7-10,12H2,1-4H3,(H,23,24). The van der Waals surface area contributed by atoms with Gasteiger partial charge in [0.05, 0.1) is 18.8 Å². The number of nitrogens with zero attached hydrogens (tertiary/aromatic N) is 2. The minimum atomic E-state index is -0.894. The quantitative estimate of drug-likeness (QED) is 0.891. The number of pyridine rings is 1. The van der Waals surface area contributed by atoms with E-state index in [1.54, 1.807) is 0 Å². The van der Waals surface area contributed by atoms with Crippen molar-refractivity contribution < 1.29 is 14.8 Å². The fraction of sp³-hybridized carbons (Fsp3) is 0.579. The number of rotatable bonds is 3. The first-order valence-corrected chi connectivity index (χ1v) is 8.78. The van der Waals surface area contributed by atoms with E-state index in [0.717, 1.165) is 31.0 Å². The number of carbonyl (C=O) groups excluding carboxylic acids is 1. The lowest BCUT2D eigenvalue weighted by molar-refractivity contribution is -0.919. The number of fused-ring (bicyclic) bond motifs is 1. The lowest BCUT2D eigenvalue weighted by Crippen LogP contribution is -3.12. The summed E-state index contributed by atoms with van der Waals surface area (Å²) in [6.07, 6.45) is 3.57. The monoisotopic (exact) mass is 329 g/mol. The van der Waals surface area contributed by atoms with Crippen molar-refractivity contribution in [3.05, 3.63) is 35.3 Å². The third-order valence-electron chi connectivity index (χ3n) is 5.02. The Labute approximate surface area is 143 Å². The molecule has 1 N–H and O–H groups in total. The summed E-state index contributed by atoms with van der Waals surface area (Å²) >= 11 is 0. The van der Waals surface area contributed by atoms with Crippen LogP contribution in [-0.4, -0.2) is 28.4 Å². The molecule has 1 fully saturated rings. The average molecular weight is 329 g/mol. The summed E-state index contributed by atoms with van der Waals surface area (Å²) in [5, 5.41) is 11.0. The fourth-order valence-corrected chi connectivity index (χ4v) is 3.64. The minimum Gasteiger partial charge on any atom is -0.550 e. The van der Waals surface area contributed by atoms with Gasteiger partial charge in [-0.15, -0.1) is 0 Å². The maximum Gasteiger partial charge on any atom is 0.137 e. The van der Waals surface area contributed by atoms with Crippen LogP contribution in [0.2, 0.25) is 0 Å². The predicted molar refractivity (Wildman–Crippen MR) is 90.8 cm³/mol. The molecule has 0 amide bonds. The van der Waals surface area contributed by atoms with Gasteiger partial charge in [0.15, 0.2) is 0 Å². The second kappa shape index (κ2) is 6.20. The first kappa shape index (κ1) is 17.0. The Bertz CT molecular complexity index is 750. The van der Waals surface area contributed by atoms with Crippen LogP contribution in [0.3, 0.4) is 0 Å². The van der Waals surface area contributed by atoms with Crippen molar-refractivity contribution in [2.75, 3.05) is 13.1 Å².